The third-order valence-electron chi connectivity index (χ3n) is 3.64. The number of nitrogens with zero attached hydrogens (tertiary/aromatic N) is 1. The van der Waals surface area contributed by atoms with Crippen LogP contribution in [0.25, 0.3) is 0 Å². The van der Waals surface area contributed by atoms with Crippen LogP contribution in [-0.4, -0.2) is 18.0 Å². The maximum atomic E-state index is 11.1. The van der Waals surface area contributed by atoms with Crippen LogP contribution >= 0.6 is 0 Å². The molecule has 2 aromatic rings. The molecule has 1 aromatic heterocycles. The van der Waals surface area contributed by atoms with Gasteiger partial charge in [-0.15, -0.1) is 0 Å². The summed E-state index contributed by atoms with van der Waals surface area (Å²) in [5, 5.41) is 0. The van der Waals surface area contributed by atoms with Crippen LogP contribution in [0, 0.1) is 6.92 Å². The van der Waals surface area contributed by atoms with Crippen molar-refractivity contribution in [2.24, 2.45) is 0 Å². The molecular weight excluding hydrogens is 254 g/mol. The van der Waals surface area contributed by atoms with Gasteiger partial charge < -0.3 is 8.83 Å². The molecule has 1 aromatic carbocycles. The van der Waals surface area contributed by atoms with Crippen molar-refractivity contribution in [1.29, 1.82) is 0 Å². The number of likely N-dealkylation sites (N-methyl/N-ethyl adjacent to an activating group) is 1. The van der Waals surface area contributed by atoms with E-state index in [0.717, 1.165) is 12.8 Å². The van der Waals surface area contributed by atoms with Gasteiger partial charge in [0.15, 0.2) is 5.76 Å². The Kier molecular flexibility index (Phi) is 4.79. The molecule has 0 aliphatic heterocycles. The van der Waals surface area contributed by atoms with Crippen molar-refractivity contribution in [3.8, 4) is 0 Å². The summed E-state index contributed by atoms with van der Waals surface area (Å²) in [7, 11) is 2.05. The number of hydrogen-bond donors (Lipinski definition) is 0. The van der Waals surface area contributed by atoms with Gasteiger partial charge in [0, 0.05) is 6.04 Å². The van der Waals surface area contributed by atoms with Crippen LogP contribution in [0.3, 0.4) is 0 Å². The third kappa shape index (κ3) is 3.61. The highest BCUT2D eigenvalue weighted by Gasteiger charge is 2.17. The second kappa shape index (κ2) is 6.57. The van der Waals surface area contributed by atoms with E-state index in [0.29, 0.717) is 24.1 Å². The normalized spacial score (nSPS) is 12.8. The predicted octanol–water partition coefficient (Wildman–Crippen LogP) is 2.99. The highest BCUT2D eigenvalue weighted by molar-refractivity contribution is 5.16. The van der Waals surface area contributed by atoms with E-state index in [-0.39, 0.29) is 0 Å². The second-order valence-electron chi connectivity index (χ2n) is 5.10. The Morgan fingerprint density at radius 1 is 1.20 bits per heavy atom. The minimum Gasteiger partial charge on any atom is -0.396 e. The lowest BCUT2D eigenvalue weighted by atomic mass is 10.0. The average Bonchev–Trinajstić information content (AvgIpc) is 2.75. The standard InChI is InChI=1S/C16H21NO3/c1-4-14(10-13-8-6-5-7-9-13)17(3)11-15-12(2)19-16(18)20-15/h5-9,14H,4,10-11H2,1-3H3/t14-/m1/s1. The summed E-state index contributed by atoms with van der Waals surface area (Å²) in [5.74, 6) is 0.558. The van der Waals surface area contributed by atoms with E-state index < -0.39 is 5.82 Å². The molecule has 4 nitrogen and oxygen atoms in total. The maximum Gasteiger partial charge on any atom is 0.519 e. The lowest BCUT2D eigenvalue weighted by Crippen LogP contribution is -2.32. The van der Waals surface area contributed by atoms with Gasteiger partial charge >= 0.3 is 5.82 Å². The molecule has 0 spiro atoms. The fourth-order valence-electron chi connectivity index (χ4n) is 2.37. The van der Waals surface area contributed by atoms with Crippen LogP contribution in [-0.2, 0) is 13.0 Å². The highest BCUT2D eigenvalue weighted by atomic mass is 16.6. The molecule has 108 valence electrons. The molecular formula is C16H21NO3. The first kappa shape index (κ1) is 14.6. The van der Waals surface area contributed by atoms with Gasteiger partial charge in [0.05, 0.1) is 6.54 Å². The van der Waals surface area contributed by atoms with Crippen LogP contribution in [0.5, 0.6) is 0 Å². The molecule has 0 amide bonds. The molecule has 4 heteroatoms. The average molecular weight is 275 g/mol. The summed E-state index contributed by atoms with van der Waals surface area (Å²) < 4.78 is 9.96. The SMILES string of the molecule is CC[C@H](Cc1ccccc1)N(C)Cc1oc(=O)oc1C. The monoisotopic (exact) mass is 275 g/mol. The summed E-state index contributed by atoms with van der Waals surface area (Å²) in [6, 6.07) is 10.8. The highest BCUT2D eigenvalue weighted by Crippen LogP contribution is 2.15. The molecule has 1 atom stereocenters. The summed E-state index contributed by atoms with van der Waals surface area (Å²) in [4.78, 5) is 13.3. The van der Waals surface area contributed by atoms with Crippen molar-refractivity contribution in [3.05, 3.63) is 58.0 Å². The Morgan fingerprint density at radius 2 is 1.90 bits per heavy atom. The van der Waals surface area contributed by atoms with E-state index in [9.17, 15) is 4.79 Å². The van der Waals surface area contributed by atoms with Crippen molar-refractivity contribution in [2.75, 3.05) is 7.05 Å². The van der Waals surface area contributed by atoms with Crippen LogP contribution in [0.4, 0.5) is 0 Å². The van der Waals surface area contributed by atoms with Gasteiger partial charge in [-0.25, -0.2) is 4.79 Å². The van der Waals surface area contributed by atoms with Crippen molar-refractivity contribution in [3.63, 3.8) is 0 Å². The van der Waals surface area contributed by atoms with Gasteiger partial charge in [-0.05, 0) is 32.4 Å². The first-order valence-electron chi connectivity index (χ1n) is 6.93. The largest absolute Gasteiger partial charge is 0.519 e. The van der Waals surface area contributed by atoms with Crippen LogP contribution in [0.15, 0.2) is 44.0 Å². The van der Waals surface area contributed by atoms with Gasteiger partial charge in [0.25, 0.3) is 0 Å². The number of rotatable bonds is 6. The smallest absolute Gasteiger partial charge is 0.396 e. The van der Waals surface area contributed by atoms with Crippen molar-refractivity contribution < 1.29 is 8.83 Å². The zero-order valence-electron chi connectivity index (χ0n) is 12.3. The molecule has 0 aliphatic carbocycles. The van der Waals surface area contributed by atoms with Crippen LogP contribution in [0.2, 0.25) is 0 Å². The molecule has 0 N–H and O–H groups in total. The second-order valence-corrected chi connectivity index (χ2v) is 5.10. The van der Waals surface area contributed by atoms with Gasteiger partial charge in [0.2, 0.25) is 0 Å². The molecule has 0 radical (unpaired) electrons. The molecule has 0 saturated heterocycles. The molecule has 20 heavy (non-hydrogen) atoms. The minimum absolute atomic E-state index is 0.400. The molecule has 0 bridgehead atoms. The number of benzene rings is 1. The van der Waals surface area contributed by atoms with Crippen molar-refractivity contribution >= 4 is 0 Å². The topological polar surface area (TPSA) is 46.6 Å². The Balaban J connectivity index is 2.04. The van der Waals surface area contributed by atoms with E-state index >= 15 is 0 Å². The van der Waals surface area contributed by atoms with E-state index in [1.807, 2.05) is 13.1 Å². The Morgan fingerprint density at radius 3 is 2.45 bits per heavy atom. The van der Waals surface area contributed by atoms with E-state index in [1.165, 1.54) is 5.56 Å². The minimum atomic E-state index is -0.623. The zero-order chi connectivity index (χ0) is 14.5. The summed E-state index contributed by atoms with van der Waals surface area (Å²) in [5.41, 5.74) is 1.32. The van der Waals surface area contributed by atoms with Gasteiger partial charge in [-0.1, -0.05) is 37.3 Å². The molecule has 0 aliphatic rings. The number of hydrogen-bond acceptors (Lipinski definition) is 4. The third-order valence-corrected chi connectivity index (χ3v) is 3.64. The van der Waals surface area contributed by atoms with Gasteiger partial charge in [0.1, 0.15) is 5.76 Å². The Bertz CT molecular complexity index is 585. The van der Waals surface area contributed by atoms with Crippen LogP contribution < -0.4 is 5.82 Å². The van der Waals surface area contributed by atoms with E-state index in [4.69, 9.17) is 8.83 Å². The Hall–Kier alpha value is -1.81. The summed E-state index contributed by atoms with van der Waals surface area (Å²) >= 11 is 0. The molecule has 2 rings (SSSR count). The van der Waals surface area contributed by atoms with E-state index in [2.05, 4.69) is 36.1 Å². The summed E-state index contributed by atoms with van der Waals surface area (Å²) in [6.07, 6.45) is 2.02. The fourth-order valence-corrected chi connectivity index (χ4v) is 2.37. The maximum absolute atomic E-state index is 11.1. The predicted molar refractivity (Wildman–Crippen MR) is 77.7 cm³/mol. The van der Waals surface area contributed by atoms with Gasteiger partial charge in [-0.2, -0.15) is 0 Å². The number of aryl methyl sites for hydroxylation is 1. The lowest BCUT2D eigenvalue weighted by molar-refractivity contribution is 0.206. The van der Waals surface area contributed by atoms with Crippen molar-refractivity contribution in [1.82, 2.24) is 4.90 Å². The molecule has 0 saturated carbocycles. The van der Waals surface area contributed by atoms with Crippen LogP contribution in [0.1, 0.15) is 30.4 Å². The van der Waals surface area contributed by atoms with Gasteiger partial charge in [-0.3, -0.25) is 4.90 Å². The summed E-state index contributed by atoms with van der Waals surface area (Å²) in [6.45, 7) is 4.51. The Labute approximate surface area is 119 Å². The zero-order valence-corrected chi connectivity index (χ0v) is 12.3. The first-order valence-corrected chi connectivity index (χ1v) is 6.93. The lowest BCUT2D eigenvalue weighted by Gasteiger charge is -2.26. The van der Waals surface area contributed by atoms with E-state index in [1.54, 1.807) is 6.92 Å². The quantitative estimate of drug-likeness (QED) is 0.813. The molecule has 1 heterocycles. The first-order chi connectivity index (χ1) is 9.60. The fraction of sp³-hybridized carbons (Fsp3) is 0.438. The molecule has 0 fully saturated rings. The van der Waals surface area contributed by atoms with Crippen molar-refractivity contribution in [2.45, 2.75) is 39.3 Å². The molecule has 0 unspecified atom stereocenters.